The molecule has 4 aromatic rings. The monoisotopic (exact) mass is 416 g/mol. The average Bonchev–Trinajstić information content (AvgIpc) is 3.14. The lowest BCUT2D eigenvalue weighted by Crippen LogP contribution is -2.48. The maximum Gasteiger partial charge on any atom is 0.157 e. The number of hydrazine groups is 1. The van der Waals surface area contributed by atoms with Crippen LogP contribution in [0.25, 0.3) is 16.7 Å². The Morgan fingerprint density at radius 1 is 1.03 bits per heavy atom. The number of fused-ring (bicyclic) bond motifs is 3. The molecular formula is C23H21ClN6. The number of nitriles is 1. The van der Waals surface area contributed by atoms with E-state index in [1.165, 1.54) is 5.69 Å². The molecule has 0 atom stereocenters. The van der Waals surface area contributed by atoms with Gasteiger partial charge in [-0.15, -0.1) is 0 Å². The number of halogens is 1. The number of benzene rings is 2. The highest BCUT2D eigenvalue weighted by Gasteiger charge is 2.20. The summed E-state index contributed by atoms with van der Waals surface area (Å²) >= 11 is 6.01. The summed E-state index contributed by atoms with van der Waals surface area (Å²) in [5.74, 6) is 0.926. The van der Waals surface area contributed by atoms with Crippen molar-refractivity contribution in [2.24, 2.45) is 0 Å². The van der Waals surface area contributed by atoms with Gasteiger partial charge in [-0.25, -0.2) is 9.99 Å². The van der Waals surface area contributed by atoms with Gasteiger partial charge in [0, 0.05) is 36.9 Å². The van der Waals surface area contributed by atoms with Crippen molar-refractivity contribution in [3.05, 3.63) is 70.7 Å². The number of para-hydroxylation sites is 2. The Kier molecular flexibility index (Phi) is 4.70. The quantitative estimate of drug-likeness (QED) is 0.534. The van der Waals surface area contributed by atoms with Crippen molar-refractivity contribution < 1.29 is 0 Å². The number of piperazine rings is 1. The van der Waals surface area contributed by atoms with E-state index < -0.39 is 0 Å². The van der Waals surface area contributed by atoms with Gasteiger partial charge in [-0.05, 0) is 55.0 Å². The number of hydrogen-bond donors (Lipinski definition) is 1. The predicted molar refractivity (Wildman–Crippen MR) is 121 cm³/mol. The van der Waals surface area contributed by atoms with Crippen LogP contribution in [0.1, 0.15) is 11.1 Å². The third-order valence-electron chi connectivity index (χ3n) is 5.63. The van der Waals surface area contributed by atoms with Crippen molar-refractivity contribution in [2.45, 2.75) is 6.92 Å². The Hall–Kier alpha value is -3.27. The Morgan fingerprint density at radius 3 is 2.50 bits per heavy atom. The summed E-state index contributed by atoms with van der Waals surface area (Å²) in [6, 6.07) is 20.3. The summed E-state index contributed by atoms with van der Waals surface area (Å²) in [5.41, 5.74) is 8.87. The van der Waals surface area contributed by atoms with Crippen LogP contribution >= 0.6 is 11.6 Å². The fourth-order valence-corrected chi connectivity index (χ4v) is 4.19. The number of aryl methyl sites for hydroxylation is 1. The van der Waals surface area contributed by atoms with Gasteiger partial charge in [-0.3, -0.25) is 4.40 Å². The average molecular weight is 417 g/mol. The third-order valence-corrected chi connectivity index (χ3v) is 5.88. The smallest absolute Gasteiger partial charge is 0.157 e. The van der Waals surface area contributed by atoms with Crippen LogP contribution in [-0.4, -0.2) is 40.6 Å². The highest BCUT2D eigenvalue weighted by Crippen LogP contribution is 2.27. The van der Waals surface area contributed by atoms with E-state index in [0.29, 0.717) is 11.2 Å². The molecule has 1 saturated heterocycles. The first-order valence-corrected chi connectivity index (χ1v) is 10.3. The minimum Gasteiger partial charge on any atom is -0.369 e. The summed E-state index contributed by atoms with van der Waals surface area (Å²) in [7, 11) is 0. The van der Waals surface area contributed by atoms with E-state index in [1.54, 1.807) is 0 Å². The van der Waals surface area contributed by atoms with E-state index in [1.807, 2.05) is 53.8 Å². The molecule has 6 nitrogen and oxygen atoms in total. The van der Waals surface area contributed by atoms with Crippen LogP contribution < -0.4 is 10.3 Å². The molecule has 0 amide bonds. The van der Waals surface area contributed by atoms with Gasteiger partial charge < -0.3 is 10.3 Å². The van der Waals surface area contributed by atoms with Crippen LogP contribution in [0.4, 0.5) is 11.5 Å². The zero-order valence-electron chi connectivity index (χ0n) is 16.6. The standard InChI is InChI=1S/C23H21ClN6/c1-16-14-22(30-21-5-3-2-4-20(21)26-23(30)19(16)15-25)27-29-12-10-28(11-13-29)18-8-6-17(24)7-9-18/h2-9,14,27H,10-13H2,1H3. The second-order valence-corrected chi connectivity index (χ2v) is 7.96. The first-order valence-electron chi connectivity index (χ1n) is 9.97. The van der Waals surface area contributed by atoms with Crippen molar-refractivity contribution in [1.82, 2.24) is 14.4 Å². The lowest BCUT2D eigenvalue weighted by Gasteiger charge is -2.36. The number of rotatable bonds is 3. The molecule has 1 N–H and O–H groups in total. The molecule has 30 heavy (non-hydrogen) atoms. The summed E-state index contributed by atoms with van der Waals surface area (Å²) in [5, 5.41) is 12.6. The van der Waals surface area contributed by atoms with Gasteiger partial charge in [0.1, 0.15) is 11.9 Å². The van der Waals surface area contributed by atoms with Crippen molar-refractivity contribution >= 4 is 39.8 Å². The van der Waals surface area contributed by atoms with E-state index >= 15 is 0 Å². The van der Waals surface area contributed by atoms with E-state index in [2.05, 4.69) is 33.5 Å². The molecule has 5 rings (SSSR count). The van der Waals surface area contributed by atoms with Gasteiger partial charge in [-0.2, -0.15) is 5.26 Å². The zero-order chi connectivity index (χ0) is 20.7. The van der Waals surface area contributed by atoms with Crippen molar-refractivity contribution in [3.8, 4) is 6.07 Å². The van der Waals surface area contributed by atoms with Gasteiger partial charge >= 0.3 is 0 Å². The van der Waals surface area contributed by atoms with Crippen LogP contribution in [0.2, 0.25) is 5.02 Å². The molecular weight excluding hydrogens is 396 g/mol. The van der Waals surface area contributed by atoms with Gasteiger partial charge in [0.05, 0.1) is 16.6 Å². The Labute approximate surface area is 179 Å². The normalized spacial score (nSPS) is 14.9. The topological polar surface area (TPSA) is 59.6 Å². The molecule has 0 unspecified atom stereocenters. The molecule has 150 valence electrons. The minimum atomic E-state index is 0.615. The number of pyridine rings is 1. The van der Waals surface area contributed by atoms with Gasteiger partial charge in [0.15, 0.2) is 5.65 Å². The van der Waals surface area contributed by atoms with Crippen LogP contribution in [0.15, 0.2) is 54.6 Å². The van der Waals surface area contributed by atoms with E-state index in [0.717, 1.165) is 53.6 Å². The van der Waals surface area contributed by atoms with Crippen LogP contribution in [0.3, 0.4) is 0 Å². The number of nitrogens with one attached hydrogen (secondary N) is 1. The molecule has 1 aliphatic heterocycles. The molecule has 0 spiro atoms. The molecule has 0 saturated carbocycles. The van der Waals surface area contributed by atoms with E-state index in [4.69, 9.17) is 16.6 Å². The highest BCUT2D eigenvalue weighted by molar-refractivity contribution is 6.30. The number of aromatic nitrogens is 2. The largest absolute Gasteiger partial charge is 0.369 e. The Balaban J connectivity index is 1.43. The van der Waals surface area contributed by atoms with Crippen LogP contribution in [0, 0.1) is 18.3 Å². The number of hydrogen-bond acceptors (Lipinski definition) is 5. The molecule has 2 aromatic carbocycles. The molecule has 0 bridgehead atoms. The molecule has 1 fully saturated rings. The summed E-state index contributed by atoms with van der Waals surface area (Å²) in [6.07, 6.45) is 0. The van der Waals surface area contributed by atoms with E-state index in [9.17, 15) is 5.26 Å². The SMILES string of the molecule is Cc1cc(NN2CCN(c3ccc(Cl)cc3)CC2)n2c(nc3ccccc32)c1C#N. The summed E-state index contributed by atoms with van der Waals surface area (Å²) in [4.78, 5) is 7.08. The maximum absolute atomic E-state index is 9.66. The zero-order valence-corrected chi connectivity index (χ0v) is 17.4. The first-order chi connectivity index (χ1) is 14.6. The van der Waals surface area contributed by atoms with Crippen molar-refractivity contribution in [2.75, 3.05) is 36.5 Å². The molecule has 3 heterocycles. The van der Waals surface area contributed by atoms with Gasteiger partial charge in [-0.1, -0.05) is 23.7 Å². The molecule has 0 radical (unpaired) electrons. The lowest BCUT2D eigenvalue weighted by molar-refractivity contribution is 0.306. The van der Waals surface area contributed by atoms with Gasteiger partial charge in [0.2, 0.25) is 0 Å². The second kappa shape index (κ2) is 7.52. The molecule has 1 aliphatic rings. The predicted octanol–water partition coefficient (Wildman–Crippen LogP) is 4.47. The van der Waals surface area contributed by atoms with Crippen LogP contribution in [-0.2, 0) is 0 Å². The number of nitrogens with zero attached hydrogens (tertiary/aromatic N) is 5. The van der Waals surface area contributed by atoms with Crippen molar-refractivity contribution in [1.29, 1.82) is 5.26 Å². The summed E-state index contributed by atoms with van der Waals surface area (Å²) < 4.78 is 2.05. The molecule has 0 aliphatic carbocycles. The highest BCUT2D eigenvalue weighted by atomic mass is 35.5. The Morgan fingerprint density at radius 2 is 1.77 bits per heavy atom. The minimum absolute atomic E-state index is 0.615. The first kappa shape index (κ1) is 18.7. The lowest BCUT2D eigenvalue weighted by atomic mass is 10.1. The van der Waals surface area contributed by atoms with Gasteiger partial charge in [0.25, 0.3) is 0 Å². The number of imidazole rings is 1. The molecule has 7 heteroatoms. The second-order valence-electron chi connectivity index (χ2n) is 7.52. The third kappa shape index (κ3) is 3.22. The van der Waals surface area contributed by atoms with E-state index in [-0.39, 0.29) is 0 Å². The van der Waals surface area contributed by atoms with Crippen LogP contribution in [0.5, 0.6) is 0 Å². The number of anilines is 2. The fraction of sp³-hybridized carbons (Fsp3) is 0.217. The maximum atomic E-state index is 9.66. The fourth-order valence-electron chi connectivity index (χ4n) is 4.07. The Bertz CT molecular complexity index is 1260. The summed E-state index contributed by atoms with van der Waals surface area (Å²) in [6.45, 7) is 5.53. The van der Waals surface area contributed by atoms with Crippen molar-refractivity contribution in [3.63, 3.8) is 0 Å². The molecule has 2 aromatic heterocycles.